The first kappa shape index (κ1) is 9.22. The molecule has 74 valence electrons. The molecule has 0 saturated heterocycles. The van der Waals surface area contributed by atoms with Gasteiger partial charge in [0, 0.05) is 5.38 Å². The van der Waals surface area contributed by atoms with Crippen LogP contribution in [-0.4, -0.2) is 26.3 Å². The van der Waals surface area contributed by atoms with E-state index in [1.165, 1.54) is 11.5 Å². The van der Waals surface area contributed by atoms with Crippen molar-refractivity contribution in [3.63, 3.8) is 0 Å². The minimum absolute atomic E-state index is 0.423. The maximum atomic E-state index is 5.01. The summed E-state index contributed by atoms with van der Waals surface area (Å²) in [7, 11) is 0. The van der Waals surface area contributed by atoms with Crippen molar-refractivity contribution in [3.05, 3.63) is 11.2 Å². The molecular formula is C7H9N5OS. The molecule has 0 saturated carbocycles. The van der Waals surface area contributed by atoms with E-state index in [2.05, 4.69) is 25.0 Å². The van der Waals surface area contributed by atoms with Crippen LogP contribution in [0.1, 0.15) is 12.7 Å². The van der Waals surface area contributed by atoms with Crippen LogP contribution in [0.2, 0.25) is 0 Å². The van der Waals surface area contributed by atoms with E-state index < -0.39 is 0 Å². The van der Waals surface area contributed by atoms with Gasteiger partial charge in [-0.15, -0.1) is 5.10 Å². The van der Waals surface area contributed by atoms with Crippen LogP contribution < -0.4 is 5.32 Å². The average molecular weight is 211 g/mol. The average Bonchev–Trinajstić information content (AvgIpc) is 2.85. The van der Waals surface area contributed by atoms with Gasteiger partial charge in [0.05, 0.1) is 6.54 Å². The number of nitrogens with zero attached hydrogens (tertiary/aromatic N) is 4. The fraction of sp³-hybridized carbons (Fsp3) is 0.429. The van der Waals surface area contributed by atoms with E-state index in [0.717, 1.165) is 6.54 Å². The van der Waals surface area contributed by atoms with Crippen LogP contribution in [0.25, 0.3) is 11.6 Å². The molecule has 1 N–H and O–H groups in total. The van der Waals surface area contributed by atoms with E-state index in [1.807, 2.05) is 6.92 Å². The molecule has 0 unspecified atom stereocenters. The molecule has 0 radical (unpaired) electrons. The van der Waals surface area contributed by atoms with Crippen molar-refractivity contribution in [2.75, 3.05) is 6.54 Å². The third-order valence-electron chi connectivity index (χ3n) is 1.58. The van der Waals surface area contributed by atoms with Crippen molar-refractivity contribution >= 4 is 11.5 Å². The minimum Gasteiger partial charge on any atom is -0.332 e. The standard InChI is InChI=1S/C7H9N5OS/c1-2-8-3-6-9-7(13-11-6)5-4-14-12-10-5/h4,8H,2-3H2,1H3. The summed E-state index contributed by atoms with van der Waals surface area (Å²) >= 11 is 1.26. The quantitative estimate of drug-likeness (QED) is 0.802. The molecule has 14 heavy (non-hydrogen) atoms. The van der Waals surface area contributed by atoms with Crippen molar-refractivity contribution in [2.45, 2.75) is 13.5 Å². The zero-order valence-electron chi connectivity index (χ0n) is 7.60. The Bertz CT molecular complexity index is 384. The van der Waals surface area contributed by atoms with Crippen molar-refractivity contribution in [2.24, 2.45) is 0 Å². The molecule has 0 atom stereocenters. The fourth-order valence-corrected chi connectivity index (χ4v) is 1.35. The second-order valence-electron chi connectivity index (χ2n) is 2.59. The molecular weight excluding hydrogens is 202 g/mol. The fourth-order valence-electron chi connectivity index (χ4n) is 0.924. The molecule has 0 aliphatic heterocycles. The Balaban J connectivity index is 2.10. The van der Waals surface area contributed by atoms with Gasteiger partial charge in [-0.2, -0.15) is 4.98 Å². The summed E-state index contributed by atoms with van der Waals surface area (Å²) in [6.07, 6.45) is 0. The largest absolute Gasteiger partial charge is 0.332 e. The second kappa shape index (κ2) is 4.25. The third kappa shape index (κ3) is 1.94. The number of aromatic nitrogens is 4. The number of hydrogen-bond donors (Lipinski definition) is 1. The molecule has 6 nitrogen and oxygen atoms in total. The summed E-state index contributed by atoms with van der Waals surface area (Å²) in [5.41, 5.74) is 0.630. The first-order chi connectivity index (χ1) is 6.90. The summed E-state index contributed by atoms with van der Waals surface area (Å²) in [6.45, 7) is 3.51. The van der Waals surface area contributed by atoms with Gasteiger partial charge in [0.15, 0.2) is 11.5 Å². The highest BCUT2D eigenvalue weighted by atomic mass is 32.1. The van der Waals surface area contributed by atoms with Crippen LogP contribution in [0.3, 0.4) is 0 Å². The highest BCUT2D eigenvalue weighted by Crippen LogP contribution is 2.14. The van der Waals surface area contributed by atoms with Gasteiger partial charge in [0.1, 0.15) is 0 Å². The van der Waals surface area contributed by atoms with Crippen LogP contribution in [0.4, 0.5) is 0 Å². The highest BCUT2D eigenvalue weighted by Gasteiger charge is 2.10. The molecule has 0 aliphatic carbocycles. The van der Waals surface area contributed by atoms with Crippen LogP contribution in [0, 0.1) is 0 Å². The van der Waals surface area contributed by atoms with E-state index >= 15 is 0 Å². The van der Waals surface area contributed by atoms with Gasteiger partial charge in [-0.3, -0.25) is 0 Å². The van der Waals surface area contributed by atoms with Crippen molar-refractivity contribution < 1.29 is 4.52 Å². The molecule has 0 fully saturated rings. The van der Waals surface area contributed by atoms with E-state index in [9.17, 15) is 0 Å². The lowest BCUT2D eigenvalue weighted by Gasteiger charge is -1.91. The maximum Gasteiger partial charge on any atom is 0.279 e. The zero-order valence-corrected chi connectivity index (χ0v) is 8.41. The molecule has 0 spiro atoms. The Hall–Kier alpha value is -1.34. The smallest absolute Gasteiger partial charge is 0.279 e. The monoisotopic (exact) mass is 211 g/mol. The highest BCUT2D eigenvalue weighted by molar-refractivity contribution is 7.03. The predicted octanol–water partition coefficient (Wildman–Crippen LogP) is 0.698. The SMILES string of the molecule is CCNCc1noc(-c2csnn2)n1. The summed E-state index contributed by atoms with van der Waals surface area (Å²) in [4.78, 5) is 4.15. The Morgan fingerprint density at radius 2 is 2.50 bits per heavy atom. The van der Waals surface area contributed by atoms with Crippen LogP contribution in [0.15, 0.2) is 9.90 Å². The zero-order chi connectivity index (χ0) is 9.80. The molecule has 7 heteroatoms. The van der Waals surface area contributed by atoms with E-state index in [1.54, 1.807) is 5.38 Å². The first-order valence-corrected chi connectivity index (χ1v) is 5.04. The van der Waals surface area contributed by atoms with Gasteiger partial charge in [0.2, 0.25) is 0 Å². The molecule has 0 aromatic carbocycles. The van der Waals surface area contributed by atoms with Gasteiger partial charge in [0.25, 0.3) is 5.89 Å². The summed E-state index contributed by atoms with van der Waals surface area (Å²) < 4.78 is 8.73. The van der Waals surface area contributed by atoms with E-state index in [-0.39, 0.29) is 0 Å². The molecule has 2 rings (SSSR count). The molecule has 0 bridgehead atoms. The third-order valence-corrected chi connectivity index (χ3v) is 2.08. The van der Waals surface area contributed by atoms with Gasteiger partial charge < -0.3 is 9.84 Å². The minimum atomic E-state index is 0.423. The lowest BCUT2D eigenvalue weighted by Crippen LogP contribution is -2.12. The van der Waals surface area contributed by atoms with E-state index in [4.69, 9.17) is 4.52 Å². The van der Waals surface area contributed by atoms with Crippen LogP contribution in [-0.2, 0) is 6.54 Å². The topological polar surface area (TPSA) is 76.7 Å². The number of nitrogens with one attached hydrogen (secondary N) is 1. The lowest BCUT2D eigenvalue weighted by atomic mass is 10.5. The van der Waals surface area contributed by atoms with E-state index in [0.29, 0.717) is 24.0 Å². The van der Waals surface area contributed by atoms with Crippen molar-refractivity contribution in [1.29, 1.82) is 0 Å². The van der Waals surface area contributed by atoms with Gasteiger partial charge in [-0.1, -0.05) is 16.6 Å². The normalized spacial score (nSPS) is 10.6. The Labute approximate surface area is 84.5 Å². The lowest BCUT2D eigenvalue weighted by molar-refractivity contribution is 0.418. The van der Waals surface area contributed by atoms with Crippen LogP contribution in [0.5, 0.6) is 0 Å². The molecule has 2 heterocycles. The van der Waals surface area contributed by atoms with Gasteiger partial charge >= 0.3 is 0 Å². The van der Waals surface area contributed by atoms with Crippen molar-refractivity contribution in [3.8, 4) is 11.6 Å². The first-order valence-electron chi connectivity index (χ1n) is 4.21. The second-order valence-corrected chi connectivity index (χ2v) is 3.20. The molecule has 2 aromatic rings. The predicted molar refractivity (Wildman–Crippen MR) is 50.6 cm³/mol. The van der Waals surface area contributed by atoms with Crippen LogP contribution >= 0.6 is 11.5 Å². The maximum absolute atomic E-state index is 5.01. The molecule has 0 aliphatic rings. The number of hydrogen-bond acceptors (Lipinski definition) is 7. The number of rotatable bonds is 4. The summed E-state index contributed by atoms with van der Waals surface area (Å²) in [6, 6.07) is 0. The molecule has 0 amide bonds. The Morgan fingerprint density at radius 3 is 3.21 bits per heavy atom. The Morgan fingerprint density at radius 1 is 1.57 bits per heavy atom. The Kier molecular flexibility index (Phi) is 2.80. The van der Waals surface area contributed by atoms with Gasteiger partial charge in [-0.25, -0.2) is 0 Å². The summed E-state index contributed by atoms with van der Waals surface area (Å²) in [5, 5.41) is 12.5. The van der Waals surface area contributed by atoms with Crippen molar-refractivity contribution in [1.82, 2.24) is 25.0 Å². The molecule has 2 aromatic heterocycles. The van der Waals surface area contributed by atoms with Gasteiger partial charge in [-0.05, 0) is 18.1 Å². The summed E-state index contributed by atoms with van der Waals surface area (Å²) in [5.74, 6) is 1.06.